The third-order valence-corrected chi connectivity index (χ3v) is 3.32. The molecule has 0 N–H and O–H groups in total. The molecule has 3 rings (SSSR count). The predicted octanol–water partition coefficient (Wildman–Crippen LogP) is 2.70. The van der Waals surface area contributed by atoms with Gasteiger partial charge in [-0.25, -0.2) is 0 Å². The molecule has 0 amide bonds. The summed E-state index contributed by atoms with van der Waals surface area (Å²) < 4.78 is 6.86. The van der Waals surface area contributed by atoms with Crippen LogP contribution in [0.25, 0.3) is 21.7 Å². The standard InChI is InChI=1S/C15H13NO2/c1-16-14-6-4-3-5-12(14)11-8-7-10(18-2)9-13(11)15(16)17/h3-9H,1-2H3. The Morgan fingerprint density at radius 3 is 2.56 bits per heavy atom. The molecular formula is C15H13NO2. The molecule has 0 aliphatic carbocycles. The molecule has 3 nitrogen and oxygen atoms in total. The van der Waals surface area contributed by atoms with Gasteiger partial charge in [-0.3, -0.25) is 4.79 Å². The lowest BCUT2D eigenvalue weighted by atomic mass is 10.1. The number of hydrogen-bond acceptors (Lipinski definition) is 2. The Balaban J connectivity index is 2.60. The molecule has 0 radical (unpaired) electrons. The molecule has 3 aromatic rings. The lowest BCUT2D eigenvalue weighted by Gasteiger charge is -2.09. The molecule has 1 heterocycles. The van der Waals surface area contributed by atoms with Crippen LogP contribution in [0.1, 0.15) is 0 Å². The minimum absolute atomic E-state index is 0.00241. The topological polar surface area (TPSA) is 31.2 Å². The maximum atomic E-state index is 12.3. The molecule has 3 heteroatoms. The average Bonchev–Trinajstić information content (AvgIpc) is 2.44. The maximum Gasteiger partial charge on any atom is 0.258 e. The lowest BCUT2D eigenvalue weighted by Crippen LogP contribution is -2.17. The highest BCUT2D eigenvalue weighted by molar-refractivity contribution is 6.05. The number of rotatable bonds is 1. The molecule has 0 aliphatic heterocycles. The van der Waals surface area contributed by atoms with Crippen molar-refractivity contribution < 1.29 is 4.74 Å². The average molecular weight is 239 g/mol. The smallest absolute Gasteiger partial charge is 0.258 e. The van der Waals surface area contributed by atoms with E-state index in [-0.39, 0.29) is 5.56 Å². The van der Waals surface area contributed by atoms with Gasteiger partial charge in [-0.2, -0.15) is 0 Å². The van der Waals surface area contributed by atoms with E-state index in [9.17, 15) is 4.79 Å². The summed E-state index contributed by atoms with van der Waals surface area (Å²) in [4.78, 5) is 12.3. The van der Waals surface area contributed by atoms with E-state index >= 15 is 0 Å². The van der Waals surface area contributed by atoms with Crippen molar-refractivity contribution in [1.29, 1.82) is 0 Å². The van der Waals surface area contributed by atoms with Crippen molar-refractivity contribution in [1.82, 2.24) is 4.57 Å². The fourth-order valence-corrected chi connectivity index (χ4v) is 2.35. The van der Waals surface area contributed by atoms with Crippen LogP contribution in [0.3, 0.4) is 0 Å². The fourth-order valence-electron chi connectivity index (χ4n) is 2.35. The summed E-state index contributed by atoms with van der Waals surface area (Å²) in [6.45, 7) is 0. The summed E-state index contributed by atoms with van der Waals surface area (Å²) in [5.74, 6) is 0.704. The number of pyridine rings is 1. The zero-order valence-electron chi connectivity index (χ0n) is 10.3. The zero-order chi connectivity index (χ0) is 12.7. The van der Waals surface area contributed by atoms with Gasteiger partial charge in [-0.05, 0) is 29.7 Å². The van der Waals surface area contributed by atoms with Gasteiger partial charge in [-0.15, -0.1) is 0 Å². The van der Waals surface area contributed by atoms with Crippen molar-refractivity contribution in [3.63, 3.8) is 0 Å². The summed E-state index contributed by atoms with van der Waals surface area (Å²) in [6, 6.07) is 13.5. The number of methoxy groups -OCH3 is 1. The predicted molar refractivity (Wildman–Crippen MR) is 73.2 cm³/mol. The van der Waals surface area contributed by atoms with Gasteiger partial charge in [-0.1, -0.05) is 18.2 Å². The second-order valence-electron chi connectivity index (χ2n) is 4.29. The van der Waals surface area contributed by atoms with Crippen LogP contribution >= 0.6 is 0 Å². The molecule has 0 aliphatic rings. The Morgan fingerprint density at radius 1 is 1.00 bits per heavy atom. The van der Waals surface area contributed by atoms with Crippen molar-refractivity contribution in [2.45, 2.75) is 0 Å². The van der Waals surface area contributed by atoms with Crippen LogP contribution in [0.4, 0.5) is 0 Å². The third kappa shape index (κ3) is 1.40. The van der Waals surface area contributed by atoms with Gasteiger partial charge in [0.25, 0.3) is 5.56 Å². The highest BCUT2D eigenvalue weighted by Crippen LogP contribution is 2.25. The molecule has 0 saturated heterocycles. The maximum absolute atomic E-state index is 12.3. The molecule has 0 bridgehead atoms. The van der Waals surface area contributed by atoms with Crippen LogP contribution < -0.4 is 10.3 Å². The SMILES string of the molecule is COc1ccc2c(c1)c(=O)n(C)c1ccccc21. The van der Waals surface area contributed by atoms with Crippen molar-refractivity contribution in [3.05, 3.63) is 52.8 Å². The number of aryl methyl sites for hydroxylation is 1. The highest BCUT2D eigenvalue weighted by atomic mass is 16.5. The lowest BCUT2D eigenvalue weighted by molar-refractivity contribution is 0.415. The summed E-state index contributed by atoms with van der Waals surface area (Å²) in [7, 11) is 3.40. The number of nitrogens with zero attached hydrogens (tertiary/aromatic N) is 1. The fraction of sp³-hybridized carbons (Fsp3) is 0.133. The largest absolute Gasteiger partial charge is 0.497 e. The summed E-state index contributed by atoms with van der Waals surface area (Å²) in [5.41, 5.74) is 0.947. The molecule has 0 spiro atoms. The normalized spacial score (nSPS) is 11.0. The third-order valence-electron chi connectivity index (χ3n) is 3.32. The molecular weight excluding hydrogens is 226 g/mol. The number of ether oxygens (including phenoxy) is 1. The number of hydrogen-bond donors (Lipinski definition) is 0. The van der Waals surface area contributed by atoms with Gasteiger partial charge in [0.2, 0.25) is 0 Å². The van der Waals surface area contributed by atoms with Gasteiger partial charge in [0.1, 0.15) is 5.75 Å². The zero-order valence-corrected chi connectivity index (χ0v) is 10.3. The number of fused-ring (bicyclic) bond motifs is 3. The van der Waals surface area contributed by atoms with Gasteiger partial charge in [0.15, 0.2) is 0 Å². The first-order chi connectivity index (χ1) is 8.72. The van der Waals surface area contributed by atoms with Crippen LogP contribution in [-0.2, 0) is 7.05 Å². The monoisotopic (exact) mass is 239 g/mol. The Hall–Kier alpha value is -2.29. The Bertz CT molecular complexity index is 803. The Labute approximate surface area is 104 Å². The molecule has 0 saturated carbocycles. The van der Waals surface area contributed by atoms with Gasteiger partial charge in [0.05, 0.1) is 18.0 Å². The van der Waals surface area contributed by atoms with Crippen LogP contribution in [0.5, 0.6) is 5.75 Å². The molecule has 0 fully saturated rings. The molecule has 90 valence electrons. The summed E-state index contributed by atoms with van der Waals surface area (Å²) >= 11 is 0. The second kappa shape index (κ2) is 3.88. The van der Waals surface area contributed by atoms with Gasteiger partial charge < -0.3 is 9.30 Å². The van der Waals surface area contributed by atoms with E-state index in [1.54, 1.807) is 24.8 Å². The molecule has 0 unspecified atom stereocenters. The van der Waals surface area contributed by atoms with Crippen molar-refractivity contribution >= 4 is 21.7 Å². The highest BCUT2D eigenvalue weighted by Gasteiger charge is 2.08. The summed E-state index contributed by atoms with van der Waals surface area (Å²) in [5, 5.41) is 2.74. The Morgan fingerprint density at radius 2 is 1.78 bits per heavy atom. The van der Waals surface area contributed by atoms with Crippen molar-refractivity contribution in [2.75, 3.05) is 7.11 Å². The molecule has 1 aromatic heterocycles. The first kappa shape index (κ1) is 10.8. The number of benzene rings is 2. The van der Waals surface area contributed by atoms with Gasteiger partial charge in [0, 0.05) is 12.4 Å². The van der Waals surface area contributed by atoms with Crippen LogP contribution in [-0.4, -0.2) is 11.7 Å². The van der Waals surface area contributed by atoms with Crippen molar-refractivity contribution in [2.24, 2.45) is 7.05 Å². The second-order valence-corrected chi connectivity index (χ2v) is 4.29. The quantitative estimate of drug-likeness (QED) is 0.611. The minimum Gasteiger partial charge on any atom is -0.497 e. The van der Waals surface area contributed by atoms with Crippen LogP contribution in [0.2, 0.25) is 0 Å². The molecule has 0 atom stereocenters. The molecule has 18 heavy (non-hydrogen) atoms. The van der Waals surface area contributed by atoms with E-state index in [0.717, 1.165) is 16.3 Å². The van der Waals surface area contributed by atoms with Crippen molar-refractivity contribution in [3.8, 4) is 5.75 Å². The van der Waals surface area contributed by atoms with E-state index in [2.05, 4.69) is 0 Å². The van der Waals surface area contributed by atoms with Crippen LogP contribution in [0.15, 0.2) is 47.3 Å². The van der Waals surface area contributed by atoms with E-state index in [1.165, 1.54) is 0 Å². The van der Waals surface area contributed by atoms with E-state index < -0.39 is 0 Å². The van der Waals surface area contributed by atoms with E-state index in [0.29, 0.717) is 11.1 Å². The number of aromatic nitrogens is 1. The van der Waals surface area contributed by atoms with Crippen LogP contribution in [0, 0.1) is 0 Å². The first-order valence-corrected chi connectivity index (χ1v) is 5.78. The first-order valence-electron chi connectivity index (χ1n) is 5.78. The van der Waals surface area contributed by atoms with E-state index in [4.69, 9.17) is 4.74 Å². The van der Waals surface area contributed by atoms with E-state index in [1.807, 2.05) is 36.4 Å². The summed E-state index contributed by atoms with van der Waals surface area (Å²) in [6.07, 6.45) is 0. The molecule has 2 aromatic carbocycles. The van der Waals surface area contributed by atoms with Gasteiger partial charge >= 0.3 is 0 Å². The minimum atomic E-state index is 0.00241. The Kier molecular flexibility index (Phi) is 2.33. The number of para-hydroxylation sites is 1.